The van der Waals surface area contributed by atoms with Crippen molar-refractivity contribution in [1.29, 1.82) is 0 Å². The average molecular weight is 293 g/mol. The van der Waals surface area contributed by atoms with Crippen molar-refractivity contribution in [2.45, 2.75) is 17.7 Å². The number of hydrogen-bond acceptors (Lipinski definition) is 1. The molecule has 0 amide bonds. The van der Waals surface area contributed by atoms with E-state index in [-0.39, 0.29) is 0 Å². The highest BCUT2D eigenvalue weighted by Crippen LogP contribution is 2.50. The van der Waals surface area contributed by atoms with Gasteiger partial charge in [0.05, 0.1) is 0 Å². The second kappa shape index (κ2) is 4.42. The van der Waals surface area contributed by atoms with Gasteiger partial charge in [0.1, 0.15) is 11.6 Å². The Labute approximate surface area is 101 Å². The van der Waals surface area contributed by atoms with E-state index in [2.05, 4.69) is 15.9 Å². The van der Waals surface area contributed by atoms with E-state index in [0.29, 0.717) is 10.3 Å². The molecule has 0 aromatic heterocycles. The molecule has 1 fully saturated rings. The van der Waals surface area contributed by atoms with Gasteiger partial charge >= 0.3 is 0 Å². The monoisotopic (exact) mass is 292 g/mol. The van der Waals surface area contributed by atoms with Gasteiger partial charge in [-0.2, -0.15) is 0 Å². The summed E-state index contributed by atoms with van der Waals surface area (Å²) in [5.74, 6) is -0.0651. The molecule has 1 aliphatic carbocycles. The number of hydrogen-bond donors (Lipinski definition) is 0. The predicted octanol–water partition coefficient (Wildman–Crippen LogP) is 4.23. The molecule has 0 radical (unpaired) electrons. The maximum atomic E-state index is 13.3. The Hall–Kier alpha value is -0.0900. The van der Waals surface area contributed by atoms with Crippen LogP contribution in [0, 0.1) is 17.0 Å². The zero-order valence-electron chi connectivity index (χ0n) is 8.10. The van der Waals surface area contributed by atoms with E-state index in [1.807, 2.05) is 0 Å². The molecule has 0 spiro atoms. The van der Waals surface area contributed by atoms with Gasteiger partial charge in [0.25, 0.3) is 0 Å². The molecule has 0 N–H and O–H groups in total. The van der Waals surface area contributed by atoms with Crippen LogP contribution >= 0.6 is 27.7 Å². The zero-order chi connectivity index (χ0) is 10.9. The van der Waals surface area contributed by atoms with Crippen molar-refractivity contribution in [3.8, 4) is 0 Å². The first-order chi connectivity index (χ1) is 7.15. The SMILES string of the molecule is Fc1ccc(SCC2(CBr)CC2)c(F)c1. The van der Waals surface area contributed by atoms with E-state index < -0.39 is 11.6 Å². The van der Waals surface area contributed by atoms with Gasteiger partial charge in [-0.15, -0.1) is 11.8 Å². The molecule has 0 bridgehead atoms. The lowest BCUT2D eigenvalue weighted by Gasteiger charge is -2.10. The third-order valence-electron chi connectivity index (χ3n) is 2.67. The second-order valence-corrected chi connectivity index (χ2v) is 5.57. The summed E-state index contributed by atoms with van der Waals surface area (Å²) in [6, 6.07) is 3.76. The van der Waals surface area contributed by atoms with Crippen LogP contribution in [0.2, 0.25) is 0 Å². The molecule has 0 nitrogen and oxygen atoms in total. The highest BCUT2D eigenvalue weighted by molar-refractivity contribution is 9.09. The minimum Gasteiger partial charge on any atom is -0.207 e. The molecule has 0 heterocycles. The van der Waals surface area contributed by atoms with Crippen molar-refractivity contribution < 1.29 is 8.78 Å². The van der Waals surface area contributed by atoms with Crippen LogP contribution in [-0.2, 0) is 0 Å². The zero-order valence-corrected chi connectivity index (χ0v) is 10.5. The van der Waals surface area contributed by atoms with Crippen LogP contribution in [0.15, 0.2) is 23.1 Å². The fourth-order valence-electron chi connectivity index (χ4n) is 1.32. The van der Waals surface area contributed by atoms with Crippen LogP contribution in [0.25, 0.3) is 0 Å². The van der Waals surface area contributed by atoms with Gasteiger partial charge in [-0.3, -0.25) is 0 Å². The number of thioether (sulfide) groups is 1. The number of benzene rings is 1. The van der Waals surface area contributed by atoms with Crippen molar-refractivity contribution in [1.82, 2.24) is 0 Å². The topological polar surface area (TPSA) is 0 Å². The van der Waals surface area contributed by atoms with Gasteiger partial charge in [0.2, 0.25) is 0 Å². The third-order valence-corrected chi connectivity index (χ3v) is 5.26. The minimum atomic E-state index is -0.515. The number of rotatable bonds is 4. The van der Waals surface area contributed by atoms with Gasteiger partial charge in [0, 0.05) is 22.0 Å². The van der Waals surface area contributed by atoms with Gasteiger partial charge in [0.15, 0.2) is 0 Å². The highest BCUT2D eigenvalue weighted by atomic mass is 79.9. The molecule has 0 unspecified atom stereocenters. The van der Waals surface area contributed by atoms with E-state index in [1.54, 1.807) is 0 Å². The van der Waals surface area contributed by atoms with Gasteiger partial charge in [-0.1, -0.05) is 15.9 Å². The highest BCUT2D eigenvalue weighted by Gasteiger charge is 2.41. The molecule has 1 aromatic carbocycles. The summed E-state index contributed by atoms with van der Waals surface area (Å²) in [6.45, 7) is 0. The first-order valence-corrected chi connectivity index (χ1v) is 6.90. The lowest BCUT2D eigenvalue weighted by Crippen LogP contribution is -2.05. The van der Waals surface area contributed by atoms with Crippen molar-refractivity contribution in [2.75, 3.05) is 11.1 Å². The maximum Gasteiger partial charge on any atom is 0.139 e. The van der Waals surface area contributed by atoms with E-state index in [1.165, 1.54) is 36.7 Å². The van der Waals surface area contributed by atoms with Crippen LogP contribution in [0.4, 0.5) is 8.78 Å². The van der Waals surface area contributed by atoms with Crippen LogP contribution in [0.5, 0.6) is 0 Å². The summed E-state index contributed by atoms with van der Waals surface area (Å²) in [7, 11) is 0. The summed E-state index contributed by atoms with van der Waals surface area (Å²) >= 11 is 4.95. The van der Waals surface area contributed by atoms with Crippen LogP contribution in [-0.4, -0.2) is 11.1 Å². The summed E-state index contributed by atoms with van der Waals surface area (Å²) in [5.41, 5.74) is 0.353. The second-order valence-electron chi connectivity index (χ2n) is 4.00. The summed E-state index contributed by atoms with van der Waals surface area (Å²) in [6.07, 6.45) is 2.40. The molecule has 0 saturated heterocycles. The van der Waals surface area contributed by atoms with E-state index in [0.717, 1.165) is 17.1 Å². The third kappa shape index (κ3) is 2.72. The van der Waals surface area contributed by atoms with Gasteiger partial charge in [-0.25, -0.2) is 8.78 Å². The quantitative estimate of drug-likeness (QED) is 0.591. The number of alkyl halides is 1. The van der Waals surface area contributed by atoms with E-state index in [4.69, 9.17) is 0 Å². The van der Waals surface area contributed by atoms with Crippen molar-refractivity contribution in [3.05, 3.63) is 29.8 Å². The first-order valence-electron chi connectivity index (χ1n) is 4.79. The number of halogens is 3. The Balaban J connectivity index is 1.99. The molecular formula is C11H11BrF2S. The molecule has 1 saturated carbocycles. The molecule has 1 aromatic rings. The largest absolute Gasteiger partial charge is 0.207 e. The molecular weight excluding hydrogens is 282 g/mol. The molecule has 82 valence electrons. The van der Waals surface area contributed by atoms with E-state index in [9.17, 15) is 8.78 Å². The Kier molecular flexibility index (Phi) is 3.36. The normalized spacial score (nSPS) is 17.8. The first kappa shape index (κ1) is 11.4. The van der Waals surface area contributed by atoms with Crippen LogP contribution in [0.1, 0.15) is 12.8 Å². The lowest BCUT2D eigenvalue weighted by molar-refractivity contribution is 0.565. The Morgan fingerprint density at radius 1 is 1.33 bits per heavy atom. The maximum absolute atomic E-state index is 13.3. The minimum absolute atomic E-state index is 0.353. The molecule has 15 heavy (non-hydrogen) atoms. The summed E-state index contributed by atoms with van der Waals surface area (Å²) < 4.78 is 25.9. The van der Waals surface area contributed by atoms with E-state index >= 15 is 0 Å². The molecule has 0 aliphatic heterocycles. The standard InChI is InChI=1S/C11H11BrF2S/c12-6-11(3-4-11)7-15-10-2-1-8(13)5-9(10)14/h1-2,5H,3-4,6-7H2. The smallest absolute Gasteiger partial charge is 0.139 e. The fraction of sp³-hybridized carbons (Fsp3) is 0.455. The predicted molar refractivity (Wildman–Crippen MR) is 62.5 cm³/mol. The Morgan fingerprint density at radius 3 is 2.60 bits per heavy atom. The molecule has 4 heteroatoms. The van der Waals surface area contributed by atoms with Crippen LogP contribution in [0.3, 0.4) is 0 Å². The average Bonchev–Trinajstić information content (AvgIpc) is 2.97. The Morgan fingerprint density at radius 2 is 2.07 bits per heavy atom. The Bertz CT molecular complexity index is 364. The van der Waals surface area contributed by atoms with Crippen molar-refractivity contribution >= 4 is 27.7 Å². The molecule has 2 rings (SSSR count). The van der Waals surface area contributed by atoms with Crippen molar-refractivity contribution in [3.63, 3.8) is 0 Å². The van der Waals surface area contributed by atoms with Gasteiger partial charge in [-0.05, 0) is 30.4 Å². The summed E-state index contributed by atoms with van der Waals surface area (Å²) in [4.78, 5) is 0.545. The fourth-order valence-corrected chi connectivity index (χ4v) is 3.55. The lowest BCUT2D eigenvalue weighted by atomic mass is 10.2. The van der Waals surface area contributed by atoms with Gasteiger partial charge < -0.3 is 0 Å². The molecule has 1 aliphatic rings. The molecule has 0 atom stereocenters. The van der Waals surface area contributed by atoms with Crippen LogP contribution < -0.4 is 0 Å². The summed E-state index contributed by atoms with van der Waals surface area (Å²) in [5, 5.41) is 0.968. The van der Waals surface area contributed by atoms with Crippen molar-refractivity contribution in [2.24, 2.45) is 5.41 Å².